The number of benzene rings is 4. The molecule has 0 radical (unpaired) electrons. The first-order valence-corrected chi connectivity index (χ1v) is 25.2. The summed E-state index contributed by atoms with van der Waals surface area (Å²) in [6.07, 6.45) is -2.24. The first-order chi connectivity index (χ1) is 29.7. The Morgan fingerprint density at radius 3 is 0.507 bits per heavy atom. The molecule has 4 heteroatoms. The van der Waals surface area contributed by atoms with Gasteiger partial charge in [-0.15, -0.1) is 0 Å². The molecule has 1 fully saturated rings. The quantitative estimate of drug-likeness (QED) is 0.202. The van der Waals surface area contributed by atoms with Crippen LogP contribution in [-0.4, -0.2) is 28.2 Å². The molecule has 2 N–H and O–H groups in total. The van der Waals surface area contributed by atoms with Crippen molar-refractivity contribution < 1.29 is 19.7 Å². The highest BCUT2D eigenvalue weighted by Crippen LogP contribution is 2.53. The van der Waals surface area contributed by atoms with Gasteiger partial charge < -0.3 is 19.7 Å². The normalized spacial score (nSPS) is 18.4. The van der Waals surface area contributed by atoms with Crippen LogP contribution in [0.25, 0.3) is 0 Å². The third-order valence-electron chi connectivity index (χ3n) is 14.3. The summed E-state index contributed by atoms with van der Waals surface area (Å²) in [4.78, 5) is 0. The lowest BCUT2D eigenvalue weighted by Gasteiger charge is -2.45. The molecular formula is C63H94O4. The molecule has 1 aliphatic heterocycles. The monoisotopic (exact) mass is 915 g/mol. The Bertz CT molecular complexity index is 1990. The second-order valence-electron chi connectivity index (χ2n) is 29.2. The third-order valence-corrected chi connectivity index (χ3v) is 14.3. The molecule has 67 heavy (non-hydrogen) atoms. The molecule has 1 heterocycles. The van der Waals surface area contributed by atoms with Crippen LogP contribution < -0.4 is 0 Å². The van der Waals surface area contributed by atoms with Crippen molar-refractivity contribution in [1.82, 2.24) is 0 Å². The van der Waals surface area contributed by atoms with Gasteiger partial charge in [0, 0.05) is 0 Å². The Labute approximate surface area is 410 Å². The van der Waals surface area contributed by atoms with E-state index in [4.69, 9.17) is 9.47 Å². The van der Waals surface area contributed by atoms with Gasteiger partial charge in [0.05, 0.1) is 0 Å². The van der Waals surface area contributed by atoms with Crippen LogP contribution in [0.15, 0.2) is 72.8 Å². The van der Waals surface area contributed by atoms with Crippen LogP contribution in [0.2, 0.25) is 0 Å². The van der Waals surface area contributed by atoms with Crippen molar-refractivity contribution in [2.24, 2.45) is 0 Å². The SMILES string of the molecule is CC1(C)O[C@H](C(O)(c2cc(C(C)(C)C)cc(C(C)(C)C)c2)c2cc(C(C)(C)C)cc(C(C)(C)C)c2)[C@@H](C(O)(c2cc(C(C)(C)C)cc(C(C)(C)C)c2)c2cc(C(C)(C)C)cc(C(C)(C)C)c2)O1. The van der Waals surface area contributed by atoms with Gasteiger partial charge >= 0.3 is 0 Å². The number of ether oxygens (including phenoxy) is 2. The molecule has 5 rings (SSSR count). The van der Waals surface area contributed by atoms with Crippen molar-refractivity contribution in [3.05, 3.63) is 140 Å². The van der Waals surface area contributed by atoms with E-state index in [1.165, 1.54) is 0 Å². The Kier molecular flexibility index (Phi) is 13.8. The van der Waals surface area contributed by atoms with E-state index in [2.05, 4.69) is 239 Å². The molecule has 4 aromatic carbocycles. The lowest BCUT2D eigenvalue weighted by molar-refractivity contribution is -0.172. The Hall–Kier alpha value is -3.28. The van der Waals surface area contributed by atoms with E-state index in [0.29, 0.717) is 22.3 Å². The average Bonchev–Trinajstić information content (AvgIpc) is 3.49. The fraction of sp³-hybridized carbons (Fsp3) is 0.619. The molecule has 0 amide bonds. The highest BCUT2D eigenvalue weighted by Gasteiger charge is 2.62. The van der Waals surface area contributed by atoms with Gasteiger partial charge in [-0.25, -0.2) is 0 Å². The summed E-state index contributed by atoms with van der Waals surface area (Å²) in [6, 6.07) is 26.7. The molecule has 2 atom stereocenters. The lowest BCUT2D eigenvalue weighted by atomic mass is 9.67. The van der Waals surface area contributed by atoms with Crippen LogP contribution in [0.4, 0.5) is 0 Å². The summed E-state index contributed by atoms with van der Waals surface area (Å²) in [5, 5.41) is 29.8. The summed E-state index contributed by atoms with van der Waals surface area (Å²) in [6.45, 7) is 57.5. The zero-order valence-corrected chi connectivity index (χ0v) is 47.3. The Morgan fingerprint density at radius 1 is 0.269 bits per heavy atom. The van der Waals surface area contributed by atoms with Gasteiger partial charge in [0.1, 0.15) is 23.4 Å². The Balaban J connectivity index is 2.12. The van der Waals surface area contributed by atoms with Gasteiger partial charge in [-0.05, 0) is 124 Å². The van der Waals surface area contributed by atoms with Gasteiger partial charge in [0.2, 0.25) is 0 Å². The van der Waals surface area contributed by atoms with E-state index in [-0.39, 0.29) is 43.3 Å². The van der Waals surface area contributed by atoms with E-state index < -0.39 is 29.2 Å². The van der Waals surface area contributed by atoms with Gasteiger partial charge in [0.15, 0.2) is 5.79 Å². The molecule has 4 nitrogen and oxygen atoms in total. The number of aliphatic hydroxyl groups is 2. The molecule has 0 saturated carbocycles. The van der Waals surface area contributed by atoms with Crippen molar-refractivity contribution in [3.8, 4) is 0 Å². The number of rotatable bonds is 6. The van der Waals surface area contributed by atoms with E-state index in [1.54, 1.807) is 0 Å². The van der Waals surface area contributed by atoms with E-state index in [9.17, 15) is 10.2 Å². The van der Waals surface area contributed by atoms with Gasteiger partial charge in [0.25, 0.3) is 0 Å². The molecule has 0 bridgehead atoms. The second-order valence-corrected chi connectivity index (χ2v) is 29.2. The lowest BCUT2D eigenvalue weighted by Crippen LogP contribution is -2.55. The molecule has 0 aromatic heterocycles. The van der Waals surface area contributed by atoms with E-state index >= 15 is 0 Å². The minimum absolute atomic E-state index is 0.249. The van der Waals surface area contributed by atoms with Crippen LogP contribution >= 0.6 is 0 Å². The van der Waals surface area contributed by atoms with E-state index in [1.807, 2.05) is 13.8 Å². The fourth-order valence-electron chi connectivity index (χ4n) is 9.22. The zero-order valence-electron chi connectivity index (χ0n) is 47.3. The van der Waals surface area contributed by atoms with Crippen LogP contribution in [0.5, 0.6) is 0 Å². The summed E-state index contributed by atoms with van der Waals surface area (Å²) >= 11 is 0. The number of hydrogen-bond acceptors (Lipinski definition) is 4. The zero-order chi connectivity index (χ0) is 51.5. The summed E-state index contributed by atoms with van der Waals surface area (Å²) in [5.41, 5.74) is 6.07. The van der Waals surface area contributed by atoms with Crippen LogP contribution in [-0.2, 0) is 64.0 Å². The number of hydrogen-bond donors (Lipinski definition) is 2. The first kappa shape index (κ1) is 54.7. The summed E-state index contributed by atoms with van der Waals surface area (Å²) < 4.78 is 14.8. The molecule has 4 aromatic rings. The van der Waals surface area contributed by atoms with Crippen molar-refractivity contribution in [3.63, 3.8) is 0 Å². The van der Waals surface area contributed by atoms with Crippen LogP contribution in [0, 0.1) is 0 Å². The third kappa shape index (κ3) is 11.4. The van der Waals surface area contributed by atoms with Gasteiger partial charge in [-0.1, -0.05) is 239 Å². The van der Waals surface area contributed by atoms with Gasteiger partial charge in [-0.2, -0.15) is 0 Å². The van der Waals surface area contributed by atoms with Crippen molar-refractivity contribution >= 4 is 0 Å². The van der Waals surface area contributed by atoms with E-state index in [0.717, 1.165) is 44.5 Å². The fourth-order valence-corrected chi connectivity index (χ4v) is 9.22. The van der Waals surface area contributed by atoms with Crippen LogP contribution in [0.3, 0.4) is 0 Å². The molecule has 0 spiro atoms. The topological polar surface area (TPSA) is 58.9 Å². The first-order valence-electron chi connectivity index (χ1n) is 25.2. The second kappa shape index (κ2) is 17.0. The molecular weight excluding hydrogens is 821 g/mol. The molecule has 0 unspecified atom stereocenters. The average molecular weight is 915 g/mol. The largest absolute Gasteiger partial charge is 0.378 e. The molecule has 370 valence electrons. The van der Waals surface area contributed by atoms with Gasteiger partial charge in [-0.3, -0.25) is 0 Å². The maximum Gasteiger partial charge on any atom is 0.164 e. The minimum Gasteiger partial charge on any atom is -0.378 e. The van der Waals surface area contributed by atoms with Crippen molar-refractivity contribution in [2.75, 3.05) is 0 Å². The molecule has 1 saturated heterocycles. The highest BCUT2D eigenvalue weighted by atomic mass is 16.8. The maximum atomic E-state index is 14.9. The predicted octanol–water partition coefficient (Wildman–Crippen LogP) is 15.8. The summed E-state index contributed by atoms with van der Waals surface area (Å²) in [7, 11) is 0. The Morgan fingerprint density at radius 2 is 0.388 bits per heavy atom. The molecule has 1 aliphatic rings. The summed E-state index contributed by atoms with van der Waals surface area (Å²) in [5.74, 6) is -1.22. The van der Waals surface area contributed by atoms with Crippen LogP contribution in [0.1, 0.15) is 247 Å². The van der Waals surface area contributed by atoms with Crippen molar-refractivity contribution in [1.29, 1.82) is 0 Å². The minimum atomic E-state index is -1.85. The molecule has 0 aliphatic carbocycles. The van der Waals surface area contributed by atoms with Crippen molar-refractivity contribution in [2.45, 2.75) is 253 Å². The smallest absolute Gasteiger partial charge is 0.164 e. The standard InChI is InChI=1S/C63H94O4/c1-53(2,3)39-27-40(54(4,5)6)32-47(31-39)62(64,48-33-41(55(7,8)9)28-42(34-48)56(10,11)12)51-52(67-61(25,26)66-51)63(65,49-35-43(57(13,14)15)29-44(36-49)58(16,17)18)50-37-45(59(19,20)21)30-46(38-50)60(22,23)24/h27-38,51-52,64-65H,1-26H3/t51-,52-/m0/s1. The predicted molar refractivity (Wildman–Crippen MR) is 285 cm³/mol. The highest BCUT2D eigenvalue weighted by molar-refractivity contribution is 5.53. The maximum absolute atomic E-state index is 14.9.